The van der Waals surface area contributed by atoms with Crippen LogP contribution in [0.4, 0.5) is 0 Å². The molecule has 0 heterocycles. The van der Waals surface area contributed by atoms with E-state index in [0.29, 0.717) is 6.42 Å². The van der Waals surface area contributed by atoms with Crippen molar-refractivity contribution in [1.29, 1.82) is 0 Å². The van der Waals surface area contributed by atoms with E-state index in [-0.39, 0.29) is 16.5 Å². The van der Waals surface area contributed by atoms with Crippen LogP contribution in [-0.2, 0) is 27.9 Å². The second kappa shape index (κ2) is 13.5. The predicted molar refractivity (Wildman–Crippen MR) is 163 cm³/mol. The zero-order valence-corrected chi connectivity index (χ0v) is 27.4. The number of esters is 1. The molecule has 0 fully saturated rings. The summed E-state index contributed by atoms with van der Waals surface area (Å²) in [5.74, 6) is -0.507. The molecule has 0 aliphatic carbocycles. The van der Waals surface area contributed by atoms with E-state index < -0.39 is 40.9 Å². The second-order valence-electron chi connectivity index (χ2n) is 12.6. The number of carbonyl (C=O) groups excluding carboxylic acids is 2. The average Bonchev–Trinajstić information content (AvgIpc) is 2.87. The molecule has 3 atom stereocenters. The molecule has 2 aromatic carbocycles. The highest BCUT2D eigenvalue weighted by Crippen LogP contribution is 2.40. The largest absolute Gasteiger partial charge is 0.467 e. The Balaban J connectivity index is 2.64. The SMILES string of the molecule is COC(=O)[C@@H](O[Si](c1ccccc1)(c1ccccc1)C(C)(C)C)[C@@H](C[C@@H](CC=O)O[Si](C)(C)C(C)(C)C)OC. The second-order valence-corrected chi connectivity index (χ2v) is 21.6. The maximum Gasteiger partial charge on any atom is 0.336 e. The molecule has 0 N–H and O–H groups in total. The van der Waals surface area contributed by atoms with Crippen molar-refractivity contribution in [2.75, 3.05) is 14.2 Å². The van der Waals surface area contributed by atoms with Crippen molar-refractivity contribution in [2.45, 2.75) is 95.9 Å². The van der Waals surface area contributed by atoms with Crippen LogP contribution < -0.4 is 10.4 Å². The van der Waals surface area contributed by atoms with Gasteiger partial charge in [0.25, 0.3) is 8.32 Å². The third kappa shape index (κ3) is 7.76. The van der Waals surface area contributed by atoms with E-state index in [9.17, 15) is 9.59 Å². The number of hydrogen-bond acceptors (Lipinski definition) is 6. The smallest absolute Gasteiger partial charge is 0.336 e. The Kier molecular flexibility index (Phi) is 11.5. The number of benzene rings is 2. The first-order chi connectivity index (χ1) is 18.1. The van der Waals surface area contributed by atoms with Gasteiger partial charge >= 0.3 is 5.97 Å². The maximum absolute atomic E-state index is 13.5. The molecular formula is C31H48O6Si2. The summed E-state index contributed by atoms with van der Waals surface area (Å²) < 4.78 is 25.1. The normalized spacial score (nSPS) is 15.3. The van der Waals surface area contributed by atoms with Gasteiger partial charge < -0.3 is 23.1 Å². The molecular weight excluding hydrogens is 525 g/mol. The average molecular weight is 573 g/mol. The first-order valence-corrected chi connectivity index (χ1v) is 18.5. The Morgan fingerprint density at radius 2 is 1.31 bits per heavy atom. The molecule has 0 aromatic heterocycles. The van der Waals surface area contributed by atoms with E-state index in [1.54, 1.807) is 7.11 Å². The van der Waals surface area contributed by atoms with Crippen LogP contribution in [0.3, 0.4) is 0 Å². The van der Waals surface area contributed by atoms with Crippen LogP contribution in [0.5, 0.6) is 0 Å². The van der Waals surface area contributed by atoms with Gasteiger partial charge in [-0.1, -0.05) is 102 Å². The molecule has 6 nitrogen and oxygen atoms in total. The van der Waals surface area contributed by atoms with Gasteiger partial charge in [0.05, 0.1) is 19.3 Å². The van der Waals surface area contributed by atoms with Gasteiger partial charge in [0.2, 0.25) is 0 Å². The van der Waals surface area contributed by atoms with E-state index >= 15 is 0 Å². The highest BCUT2D eigenvalue weighted by atomic mass is 28.4. The molecule has 216 valence electrons. The van der Waals surface area contributed by atoms with Crippen LogP contribution in [0, 0.1) is 0 Å². The fourth-order valence-corrected chi connectivity index (χ4v) is 10.8. The molecule has 0 spiro atoms. The van der Waals surface area contributed by atoms with E-state index in [2.05, 4.69) is 78.9 Å². The monoisotopic (exact) mass is 572 g/mol. The van der Waals surface area contributed by atoms with Crippen molar-refractivity contribution in [2.24, 2.45) is 0 Å². The molecule has 0 saturated heterocycles. The highest BCUT2D eigenvalue weighted by Gasteiger charge is 2.54. The van der Waals surface area contributed by atoms with Crippen molar-refractivity contribution in [3.8, 4) is 0 Å². The minimum absolute atomic E-state index is 0.0378. The van der Waals surface area contributed by atoms with Crippen molar-refractivity contribution in [3.05, 3.63) is 60.7 Å². The lowest BCUT2D eigenvalue weighted by molar-refractivity contribution is -0.157. The summed E-state index contributed by atoms with van der Waals surface area (Å²) in [7, 11) is -2.36. The fourth-order valence-electron chi connectivity index (χ4n) is 4.77. The standard InChI is InChI=1S/C31H48O6Si2/c1-30(2,3)38(9,10)36-24(21-22-32)23-27(34-7)28(29(33)35-8)37-39(31(4,5)6,25-17-13-11-14-18-25)26-19-15-12-16-20-26/h11-20,22,24,27-28H,21,23H2,1-10H3/t24-,27-,28+/m1/s1. The fraction of sp³-hybridized carbons (Fsp3) is 0.548. The van der Waals surface area contributed by atoms with Gasteiger partial charge in [-0.05, 0) is 33.5 Å². The van der Waals surface area contributed by atoms with Crippen LogP contribution in [0.2, 0.25) is 23.2 Å². The van der Waals surface area contributed by atoms with Gasteiger partial charge in [0, 0.05) is 20.0 Å². The Labute approximate surface area is 237 Å². The molecule has 2 aromatic rings. The summed E-state index contributed by atoms with van der Waals surface area (Å²) >= 11 is 0. The van der Waals surface area contributed by atoms with E-state index in [4.69, 9.17) is 18.3 Å². The van der Waals surface area contributed by atoms with Crippen molar-refractivity contribution >= 4 is 39.3 Å². The topological polar surface area (TPSA) is 71.1 Å². The predicted octanol–water partition coefficient (Wildman–Crippen LogP) is 5.49. The summed E-state index contributed by atoms with van der Waals surface area (Å²) in [5, 5.41) is 1.72. The third-order valence-corrected chi connectivity index (χ3v) is 17.5. The Morgan fingerprint density at radius 1 is 0.821 bits per heavy atom. The molecule has 2 rings (SSSR count). The van der Waals surface area contributed by atoms with Gasteiger partial charge in [-0.25, -0.2) is 4.79 Å². The molecule has 0 bridgehead atoms. The minimum Gasteiger partial charge on any atom is -0.467 e. The van der Waals surface area contributed by atoms with E-state index in [1.165, 1.54) is 7.11 Å². The van der Waals surface area contributed by atoms with Gasteiger partial charge in [-0.15, -0.1) is 0 Å². The summed E-state index contributed by atoms with van der Waals surface area (Å²) in [6.07, 6.45) is -0.722. The lowest BCUT2D eigenvalue weighted by Gasteiger charge is -2.46. The summed E-state index contributed by atoms with van der Waals surface area (Å²) in [6, 6.07) is 20.3. The van der Waals surface area contributed by atoms with Crippen LogP contribution in [-0.4, -0.2) is 61.4 Å². The zero-order chi connectivity index (χ0) is 29.5. The molecule has 0 saturated carbocycles. The Morgan fingerprint density at radius 3 is 1.67 bits per heavy atom. The van der Waals surface area contributed by atoms with Crippen molar-refractivity contribution < 1.29 is 27.9 Å². The highest BCUT2D eigenvalue weighted by molar-refractivity contribution is 6.99. The van der Waals surface area contributed by atoms with Crippen LogP contribution in [0.25, 0.3) is 0 Å². The Bertz CT molecular complexity index is 1000. The lowest BCUT2D eigenvalue weighted by Crippen LogP contribution is -2.69. The molecule has 0 aliphatic rings. The first kappa shape index (κ1) is 33.1. The van der Waals surface area contributed by atoms with Gasteiger partial charge in [-0.2, -0.15) is 0 Å². The molecule has 0 aliphatic heterocycles. The summed E-state index contributed by atoms with van der Waals surface area (Å²) in [6.45, 7) is 17.3. The van der Waals surface area contributed by atoms with Crippen LogP contribution >= 0.6 is 0 Å². The molecule has 0 unspecified atom stereocenters. The number of rotatable bonds is 13. The van der Waals surface area contributed by atoms with Gasteiger partial charge in [-0.3, -0.25) is 0 Å². The van der Waals surface area contributed by atoms with E-state index in [1.807, 2.05) is 36.4 Å². The third-order valence-electron chi connectivity index (χ3n) is 7.92. The number of aldehydes is 1. The number of carbonyl (C=O) groups is 2. The van der Waals surface area contributed by atoms with E-state index in [0.717, 1.165) is 16.7 Å². The summed E-state index contributed by atoms with van der Waals surface area (Å²) in [5.41, 5.74) is 0. The van der Waals surface area contributed by atoms with Crippen LogP contribution in [0.15, 0.2) is 60.7 Å². The van der Waals surface area contributed by atoms with Crippen molar-refractivity contribution in [3.63, 3.8) is 0 Å². The Hall–Kier alpha value is -2.11. The van der Waals surface area contributed by atoms with Crippen molar-refractivity contribution in [1.82, 2.24) is 0 Å². The number of hydrogen-bond donors (Lipinski definition) is 0. The molecule has 8 heteroatoms. The first-order valence-electron chi connectivity index (χ1n) is 13.7. The number of ether oxygens (including phenoxy) is 2. The number of methoxy groups -OCH3 is 2. The maximum atomic E-state index is 13.5. The minimum atomic E-state index is -3.10. The molecule has 0 radical (unpaired) electrons. The molecule has 39 heavy (non-hydrogen) atoms. The lowest BCUT2D eigenvalue weighted by atomic mass is 10.0. The molecule has 0 amide bonds. The summed E-state index contributed by atoms with van der Waals surface area (Å²) in [4.78, 5) is 25.1. The quantitative estimate of drug-likeness (QED) is 0.180. The van der Waals surface area contributed by atoms with Gasteiger partial charge in [0.15, 0.2) is 14.4 Å². The van der Waals surface area contributed by atoms with Gasteiger partial charge in [0.1, 0.15) is 6.29 Å². The van der Waals surface area contributed by atoms with Crippen LogP contribution in [0.1, 0.15) is 54.4 Å². The zero-order valence-electron chi connectivity index (χ0n) is 25.4.